The predicted molar refractivity (Wildman–Crippen MR) is 121 cm³/mol. The first-order chi connectivity index (χ1) is 14.7. The van der Waals surface area contributed by atoms with Crippen molar-refractivity contribution in [2.45, 2.75) is 45.1 Å². The van der Waals surface area contributed by atoms with Gasteiger partial charge >= 0.3 is 5.97 Å². The van der Waals surface area contributed by atoms with Gasteiger partial charge in [0.25, 0.3) is 0 Å². The van der Waals surface area contributed by atoms with E-state index in [4.69, 9.17) is 11.6 Å². The second kappa shape index (κ2) is 8.53. The molecule has 0 bridgehead atoms. The molecule has 0 atom stereocenters. The molecule has 31 heavy (non-hydrogen) atoms. The Bertz CT molecular complexity index is 1130. The molecule has 0 amide bonds. The Labute approximate surface area is 189 Å². The molecule has 1 saturated carbocycles. The number of hydrogen-bond acceptors (Lipinski definition) is 7. The van der Waals surface area contributed by atoms with Gasteiger partial charge in [0.1, 0.15) is 10.6 Å². The topological polar surface area (TPSA) is 108 Å². The minimum Gasteiger partial charge on any atom is -0.481 e. The molecule has 3 N–H and O–H groups in total. The Morgan fingerprint density at radius 2 is 1.94 bits per heavy atom. The van der Waals surface area contributed by atoms with Crippen LogP contribution in [0.15, 0.2) is 30.6 Å². The molecule has 0 spiro atoms. The predicted octanol–water partition coefficient (Wildman–Crippen LogP) is 5.08. The van der Waals surface area contributed by atoms with Crippen LogP contribution in [-0.4, -0.2) is 31.1 Å². The van der Waals surface area contributed by atoms with Crippen molar-refractivity contribution in [1.29, 1.82) is 0 Å². The number of aliphatic hydroxyl groups is 1. The Morgan fingerprint density at radius 3 is 2.61 bits per heavy atom. The molecule has 0 radical (unpaired) electrons. The van der Waals surface area contributed by atoms with E-state index in [1.54, 1.807) is 12.4 Å². The number of nitrogens with one attached hydrogen (secondary N) is 1. The number of aliphatic carboxylic acids is 1. The minimum absolute atomic E-state index is 0.385. The fourth-order valence-electron chi connectivity index (χ4n) is 3.82. The van der Waals surface area contributed by atoms with Gasteiger partial charge in [-0.25, -0.2) is 15.0 Å². The van der Waals surface area contributed by atoms with Crippen LogP contribution in [0.1, 0.15) is 41.9 Å². The number of benzene rings is 1. The number of anilines is 2. The maximum atomic E-state index is 11.2. The summed E-state index contributed by atoms with van der Waals surface area (Å²) in [5, 5.41) is 24.6. The molecule has 162 valence electrons. The molecule has 9 heteroatoms. The molecule has 1 fully saturated rings. The summed E-state index contributed by atoms with van der Waals surface area (Å²) in [6.45, 7) is 3.83. The van der Waals surface area contributed by atoms with Crippen LogP contribution in [0.25, 0.3) is 10.4 Å². The Kier molecular flexibility index (Phi) is 5.96. The summed E-state index contributed by atoms with van der Waals surface area (Å²) < 4.78 is 0. The zero-order valence-electron chi connectivity index (χ0n) is 17.2. The molecular weight excluding hydrogens is 436 g/mol. The molecule has 0 unspecified atom stereocenters. The molecule has 1 aliphatic carbocycles. The first kappa shape index (κ1) is 21.7. The number of rotatable bonds is 5. The first-order valence-corrected chi connectivity index (χ1v) is 11.2. The molecule has 2 heterocycles. The number of carbonyl (C=O) groups is 1. The summed E-state index contributed by atoms with van der Waals surface area (Å²) in [5.74, 6) is -0.710. The van der Waals surface area contributed by atoms with Crippen molar-refractivity contribution < 1.29 is 15.0 Å². The highest BCUT2D eigenvalue weighted by Crippen LogP contribution is 2.43. The molecule has 3 aromatic rings. The van der Waals surface area contributed by atoms with Gasteiger partial charge in [0.15, 0.2) is 0 Å². The van der Waals surface area contributed by atoms with Crippen LogP contribution in [0.5, 0.6) is 0 Å². The lowest BCUT2D eigenvalue weighted by molar-refractivity contribution is -0.145. The Hall–Kier alpha value is -2.55. The average Bonchev–Trinajstić information content (AvgIpc) is 3.22. The van der Waals surface area contributed by atoms with Crippen LogP contribution >= 0.6 is 22.9 Å². The highest BCUT2D eigenvalue weighted by atomic mass is 35.5. The third-order valence-electron chi connectivity index (χ3n) is 5.60. The summed E-state index contributed by atoms with van der Waals surface area (Å²) in [7, 11) is 0. The summed E-state index contributed by atoms with van der Waals surface area (Å²) in [6, 6.07) is 6.05. The van der Waals surface area contributed by atoms with E-state index in [2.05, 4.69) is 26.3 Å². The summed E-state index contributed by atoms with van der Waals surface area (Å²) in [6.07, 6.45) is 5.07. The van der Waals surface area contributed by atoms with Gasteiger partial charge in [-0.2, -0.15) is 0 Å². The number of nitrogens with zero attached hydrogens (tertiary/aromatic N) is 3. The maximum absolute atomic E-state index is 11.2. The zero-order valence-corrected chi connectivity index (χ0v) is 18.8. The van der Waals surface area contributed by atoms with Crippen molar-refractivity contribution in [3.05, 3.63) is 51.9 Å². The molecule has 4 rings (SSSR count). The molecule has 1 aromatic carbocycles. The molecule has 2 aromatic heterocycles. The highest BCUT2D eigenvalue weighted by molar-refractivity contribution is 7.15. The first-order valence-electron chi connectivity index (χ1n) is 10.0. The third kappa shape index (κ3) is 4.71. The van der Waals surface area contributed by atoms with Crippen molar-refractivity contribution in [2.24, 2.45) is 5.92 Å². The van der Waals surface area contributed by atoms with Gasteiger partial charge < -0.3 is 15.5 Å². The number of thiazole rings is 1. The van der Waals surface area contributed by atoms with Gasteiger partial charge in [-0.15, -0.1) is 11.3 Å². The SMILES string of the molecule is Cc1cc(Nc2ncc(Cl)c(C)n2)cc(-c2cnc(C3(O)CCC(C(=O)O)CC3)s2)c1. The number of carboxylic acid groups (broad SMARTS) is 1. The van der Waals surface area contributed by atoms with E-state index in [1.807, 2.05) is 26.0 Å². The molecule has 0 aliphatic heterocycles. The van der Waals surface area contributed by atoms with Crippen LogP contribution in [0.4, 0.5) is 11.6 Å². The van der Waals surface area contributed by atoms with E-state index < -0.39 is 11.6 Å². The maximum Gasteiger partial charge on any atom is 0.306 e. The van der Waals surface area contributed by atoms with Crippen molar-refractivity contribution in [3.63, 3.8) is 0 Å². The highest BCUT2D eigenvalue weighted by Gasteiger charge is 2.39. The van der Waals surface area contributed by atoms with Crippen LogP contribution in [0, 0.1) is 19.8 Å². The van der Waals surface area contributed by atoms with E-state index in [-0.39, 0.29) is 5.92 Å². The van der Waals surface area contributed by atoms with E-state index in [0.717, 1.165) is 21.7 Å². The van der Waals surface area contributed by atoms with E-state index in [9.17, 15) is 15.0 Å². The standard InChI is InChI=1S/C22H23ClN4O3S/c1-12-7-15(9-16(8-12)27-21-25-10-17(23)13(2)26-21)18-11-24-20(31-18)22(30)5-3-14(4-6-22)19(28)29/h7-11,14,30H,3-6H2,1-2H3,(H,28,29)(H,25,26,27). The molecule has 1 aliphatic rings. The molecular formula is C22H23ClN4O3S. The van der Waals surface area contributed by atoms with Gasteiger partial charge in [-0.05, 0) is 62.8 Å². The lowest BCUT2D eigenvalue weighted by Crippen LogP contribution is -2.33. The molecule has 7 nitrogen and oxygen atoms in total. The minimum atomic E-state index is -1.06. The number of carboxylic acids is 1. The van der Waals surface area contributed by atoms with E-state index in [0.29, 0.717) is 47.4 Å². The fraction of sp³-hybridized carbons (Fsp3) is 0.364. The van der Waals surface area contributed by atoms with Gasteiger partial charge in [0.05, 0.1) is 27.7 Å². The zero-order chi connectivity index (χ0) is 22.2. The number of halogens is 1. The summed E-state index contributed by atoms with van der Waals surface area (Å²) in [4.78, 5) is 25.2. The average molecular weight is 459 g/mol. The van der Waals surface area contributed by atoms with Gasteiger partial charge in [-0.3, -0.25) is 4.79 Å². The Balaban J connectivity index is 1.56. The smallest absolute Gasteiger partial charge is 0.306 e. The largest absolute Gasteiger partial charge is 0.481 e. The van der Waals surface area contributed by atoms with Crippen molar-refractivity contribution >= 4 is 40.5 Å². The Morgan fingerprint density at radius 1 is 1.19 bits per heavy atom. The van der Waals surface area contributed by atoms with E-state index in [1.165, 1.54) is 11.3 Å². The second-order valence-electron chi connectivity index (χ2n) is 8.01. The third-order valence-corrected chi connectivity index (χ3v) is 7.21. The second-order valence-corrected chi connectivity index (χ2v) is 9.45. The monoisotopic (exact) mass is 458 g/mol. The van der Waals surface area contributed by atoms with Crippen molar-refractivity contribution in [1.82, 2.24) is 15.0 Å². The molecule has 0 saturated heterocycles. The lowest BCUT2D eigenvalue weighted by Gasteiger charge is -2.32. The number of aryl methyl sites for hydroxylation is 2. The van der Waals surface area contributed by atoms with Gasteiger partial charge in [0.2, 0.25) is 5.95 Å². The normalized spacial score (nSPS) is 21.1. The van der Waals surface area contributed by atoms with Crippen LogP contribution in [0.3, 0.4) is 0 Å². The summed E-state index contributed by atoms with van der Waals surface area (Å²) in [5.41, 5.74) is 2.51. The van der Waals surface area contributed by atoms with Crippen LogP contribution < -0.4 is 5.32 Å². The van der Waals surface area contributed by atoms with Gasteiger partial charge in [-0.1, -0.05) is 17.7 Å². The number of aromatic nitrogens is 3. The van der Waals surface area contributed by atoms with Crippen LogP contribution in [-0.2, 0) is 10.4 Å². The van der Waals surface area contributed by atoms with Crippen molar-refractivity contribution in [2.75, 3.05) is 5.32 Å². The number of hydrogen-bond donors (Lipinski definition) is 3. The fourth-order valence-corrected chi connectivity index (χ4v) is 4.96. The lowest BCUT2D eigenvalue weighted by atomic mass is 9.79. The van der Waals surface area contributed by atoms with E-state index >= 15 is 0 Å². The van der Waals surface area contributed by atoms with Crippen molar-refractivity contribution in [3.8, 4) is 10.4 Å². The van der Waals surface area contributed by atoms with Crippen LogP contribution in [0.2, 0.25) is 5.02 Å². The summed E-state index contributed by atoms with van der Waals surface area (Å²) >= 11 is 7.45. The quantitative estimate of drug-likeness (QED) is 0.489. The van der Waals surface area contributed by atoms with Gasteiger partial charge in [0, 0.05) is 11.9 Å².